The van der Waals surface area contributed by atoms with Crippen LogP contribution in [0.4, 0.5) is 5.82 Å². The first-order valence-corrected chi connectivity index (χ1v) is 7.26. The van der Waals surface area contributed by atoms with Crippen molar-refractivity contribution >= 4 is 21.7 Å². The predicted molar refractivity (Wildman–Crippen MR) is 76.5 cm³/mol. The van der Waals surface area contributed by atoms with E-state index in [2.05, 4.69) is 52.7 Å². The average Bonchev–Trinajstić information content (AvgIpc) is 2.74. The molecule has 2 rings (SSSR count). The van der Waals surface area contributed by atoms with Gasteiger partial charge in [-0.3, -0.25) is 0 Å². The number of pyridine rings is 1. The van der Waals surface area contributed by atoms with E-state index in [1.54, 1.807) is 0 Å². The Hall–Kier alpha value is -0.570. The highest BCUT2D eigenvalue weighted by molar-refractivity contribution is 9.10. The van der Waals surface area contributed by atoms with Gasteiger partial charge in [0.25, 0.3) is 0 Å². The van der Waals surface area contributed by atoms with Gasteiger partial charge in [0, 0.05) is 19.3 Å². The molecule has 0 spiro atoms. The Morgan fingerprint density at radius 2 is 2.12 bits per heavy atom. The van der Waals surface area contributed by atoms with Gasteiger partial charge in [-0.15, -0.1) is 0 Å². The van der Waals surface area contributed by atoms with Gasteiger partial charge in [0.05, 0.1) is 4.47 Å². The molecule has 1 aliphatic rings. The molecular weight excluding hydrogens is 276 g/mol. The highest BCUT2D eigenvalue weighted by Gasteiger charge is 2.35. The third kappa shape index (κ3) is 2.49. The molecule has 2 nitrogen and oxygen atoms in total. The number of aryl methyl sites for hydroxylation is 1. The van der Waals surface area contributed by atoms with Crippen molar-refractivity contribution in [2.24, 2.45) is 5.41 Å². The van der Waals surface area contributed by atoms with E-state index in [-0.39, 0.29) is 0 Å². The minimum absolute atomic E-state index is 0.506. The Morgan fingerprint density at radius 3 is 2.65 bits per heavy atom. The molecule has 1 saturated heterocycles. The first kappa shape index (κ1) is 12.9. The quantitative estimate of drug-likeness (QED) is 0.832. The van der Waals surface area contributed by atoms with E-state index < -0.39 is 0 Å². The number of halogens is 1. The number of aromatic nitrogens is 1. The van der Waals surface area contributed by atoms with Crippen molar-refractivity contribution in [3.05, 3.63) is 22.3 Å². The molecule has 1 fully saturated rings. The van der Waals surface area contributed by atoms with Crippen LogP contribution in [0.3, 0.4) is 0 Å². The van der Waals surface area contributed by atoms with Crippen LogP contribution in [0.25, 0.3) is 0 Å². The number of rotatable bonds is 3. The molecule has 0 aliphatic carbocycles. The average molecular weight is 297 g/mol. The normalized spacial score (nSPS) is 18.7. The summed E-state index contributed by atoms with van der Waals surface area (Å²) in [6.07, 6.45) is 5.78. The molecule has 1 aromatic rings. The van der Waals surface area contributed by atoms with E-state index in [1.165, 1.54) is 24.8 Å². The summed E-state index contributed by atoms with van der Waals surface area (Å²) in [4.78, 5) is 7.00. The maximum Gasteiger partial charge on any atom is 0.142 e. The summed E-state index contributed by atoms with van der Waals surface area (Å²) in [6, 6.07) is 2.15. The van der Waals surface area contributed by atoms with E-state index in [0.717, 1.165) is 23.4 Å². The van der Waals surface area contributed by atoms with Gasteiger partial charge < -0.3 is 4.90 Å². The van der Waals surface area contributed by atoms with Crippen molar-refractivity contribution < 1.29 is 0 Å². The molecule has 0 amide bonds. The molecule has 1 aliphatic heterocycles. The summed E-state index contributed by atoms with van der Waals surface area (Å²) in [6.45, 7) is 8.98. The van der Waals surface area contributed by atoms with Gasteiger partial charge in [-0.25, -0.2) is 4.98 Å². The van der Waals surface area contributed by atoms with Crippen LogP contribution in [-0.2, 0) is 0 Å². The van der Waals surface area contributed by atoms with Crippen LogP contribution >= 0.6 is 15.9 Å². The van der Waals surface area contributed by atoms with E-state index in [1.807, 2.05) is 6.20 Å². The Morgan fingerprint density at radius 1 is 1.41 bits per heavy atom. The minimum atomic E-state index is 0.506. The molecule has 2 heterocycles. The van der Waals surface area contributed by atoms with Crippen molar-refractivity contribution in [2.75, 3.05) is 18.0 Å². The molecular formula is C14H21BrN2. The highest BCUT2D eigenvalue weighted by Crippen LogP contribution is 2.40. The lowest BCUT2D eigenvalue weighted by molar-refractivity contribution is 0.301. The molecule has 0 radical (unpaired) electrons. The molecule has 0 atom stereocenters. The molecule has 0 bridgehead atoms. The summed E-state index contributed by atoms with van der Waals surface area (Å²) in [5, 5.41) is 0. The highest BCUT2D eigenvalue weighted by atomic mass is 79.9. The summed E-state index contributed by atoms with van der Waals surface area (Å²) in [7, 11) is 0. The lowest BCUT2D eigenvalue weighted by Crippen LogP contribution is -2.27. The molecule has 0 unspecified atom stereocenters. The first-order valence-electron chi connectivity index (χ1n) is 6.47. The van der Waals surface area contributed by atoms with Crippen LogP contribution in [0.1, 0.15) is 38.7 Å². The summed E-state index contributed by atoms with van der Waals surface area (Å²) in [5.74, 6) is 1.11. The second-order valence-electron chi connectivity index (χ2n) is 5.20. The number of hydrogen-bond donors (Lipinski definition) is 0. The van der Waals surface area contributed by atoms with Gasteiger partial charge in [0.15, 0.2) is 0 Å². The third-order valence-electron chi connectivity index (χ3n) is 4.20. The molecule has 17 heavy (non-hydrogen) atoms. The largest absolute Gasteiger partial charge is 0.355 e. The van der Waals surface area contributed by atoms with Gasteiger partial charge >= 0.3 is 0 Å². The lowest BCUT2D eigenvalue weighted by atomic mass is 9.82. The number of anilines is 1. The molecule has 0 aromatic carbocycles. The number of hydrogen-bond acceptors (Lipinski definition) is 2. The zero-order valence-corrected chi connectivity index (χ0v) is 12.5. The van der Waals surface area contributed by atoms with Crippen LogP contribution in [0.2, 0.25) is 0 Å². The first-order chi connectivity index (χ1) is 8.10. The van der Waals surface area contributed by atoms with Crippen molar-refractivity contribution in [2.45, 2.75) is 40.0 Å². The fourth-order valence-corrected chi connectivity index (χ4v) is 3.42. The SMILES string of the molecule is CCC1(CC)CCN(c2ncc(C)cc2Br)C1. The molecule has 1 aromatic heterocycles. The van der Waals surface area contributed by atoms with Crippen molar-refractivity contribution in [3.63, 3.8) is 0 Å². The van der Waals surface area contributed by atoms with Gasteiger partial charge in [-0.2, -0.15) is 0 Å². The molecule has 94 valence electrons. The summed E-state index contributed by atoms with van der Waals surface area (Å²) >= 11 is 3.63. The minimum Gasteiger partial charge on any atom is -0.355 e. The van der Waals surface area contributed by atoms with E-state index in [0.29, 0.717) is 5.41 Å². The van der Waals surface area contributed by atoms with E-state index in [9.17, 15) is 0 Å². The fourth-order valence-electron chi connectivity index (χ4n) is 2.70. The van der Waals surface area contributed by atoms with Crippen LogP contribution in [0.15, 0.2) is 16.7 Å². The van der Waals surface area contributed by atoms with Crippen molar-refractivity contribution in [1.82, 2.24) is 4.98 Å². The topological polar surface area (TPSA) is 16.1 Å². The number of nitrogens with zero attached hydrogens (tertiary/aromatic N) is 2. The van der Waals surface area contributed by atoms with Crippen LogP contribution in [-0.4, -0.2) is 18.1 Å². The fraction of sp³-hybridized carbons (Fsp3) is 0.643. The maximum absolute atomic E-state index is 4.57. The van der Waals surface area contributed by atoms with Crippen LogP contribution in [0, 0.1) is 12.3 Å². The van der Waals surface area contributed by atoms with Gasteiger partial charge in [0.1, 0.15) is 5.82 Å². The lowest BCUT2D eigenvalue weighted by Gasteiger charge is -2.27. The van der Waals surface area contributed by atoms with Gasteiger partial charge in [0.2, 0.25) is 0 Å². The summed E-state index contributed by atoms with van der Waals surface area (Å²) < 4.78 is 1.13. The Bertz CT molecular complexity index is 399. The van der Waals surface area contributed by atoms with Crippen molar-refractivity contribution in [3.8, 4) is 0 Å². The molecule has 0 N–H and O–H groups in total. The summed E-state index contributed by atoms with van der Waals surface area (Å²) in [5.41, 5.74) is 1.71. The van der Waals surface area contributed by atoms with Gasteiger partial charge in [-0.1, -0.05) is 13.8 Å². The Balaban J connectivity index is 2.20. The molecule has 3 heteroatoms. The predicted octanol–water partition coefficient (Wildman–Crippen LogP) is 4.17. The smallest absolute Gasteiger partial charge is 0.142 e. The Kier molecular flexibility index (Phi) is 3.76. The maximum atomic E-state index is 4.57. The van der Waals surface area contributed by atoms with E-state index in [4.69, 9.17) is 0 Å². The van der Waals surface area contributed by atoms with Crippen LogP contribution in [0.5, 0.6) is 0 Å². The monoisotopic (exact) mass is 296 g/mol. The molecule has 0 saturated carbocycles. The third-order valence-corrected chi connectivity index (χ3v) is 4.78. The Labute approximate surface area is 113 Å². The zero-order chi connectivity index (χ0) is 12.5. The van der Waals surface area contributed by atoms with Crippen LogP contribution < -0.4 is 4.90 Å². The standard InChI is InChI=1S/C14H21BrN2/c1-4-14(5-2)6-7-17(10-14)13-12(15)8-11(3)9-16-13/h8-9H,4-7,10H2,1-3H3. The second-order valence-corrected chi connectivity index (χ2v) is 6.05. The van der Waals surface area contributed by atoms with Crippen molar-refractivity contribution in [1.29, 1.82) is 0 Å². The van der Waals surface area contributed by atoms with E-state index >= 15 is 0 Å². The van der Waals surface area contributed by atoms with Gasteiger partial charge in [-0.05, 0) is 59.2 Å². The second kappa shape index (κ2) is 4.97. The zero-order valence-electron chi connectivity index (χ0n) is 11.0.